The molecule has 18 heavy (non-hydrogen) atoms. The highest BCUT2D eigenvalue weighted by atomic mass is 16.4. The van der Waals surface area contributed by atoms with E-state index in [2.05, 4.69) is 9.97 Å². The maximum atomic E-state index is 12.2. The minimum absolute atomic E-state index is 0.271. The van der Waals surface area contributed by atoms with Gasteiger partial charge in [-0.05, 0) is 32.8 Å². The topological polar surface area (TPSA) is 83.4 Å². The summed E-state index contributed by atoms with van der Waals surface area (Å²) < 4.78 is 0. The van der Waals surface area contributed by atoms with Gasteiger partial charge in [0.25, 0.3) is 5.91 Å². The van der Waals surface area contributed by atoms with Gasteiger partial charge in [-0.25, -0.2) is 14.8 Å². The summed E-state index contributed by atoms with van der Waals surface area (Å²) in [5.74, 6) is -0.763. The van der Waals surface area contributed by atoms with Gasteiger partial charge in [-0.2, -0.15) is 0 Å². The van der Waals surface area contributed by atoms with Crippen LogP contribution in [0.5, 0.6) is 0 Å². The van der Waals surface area contributed by atoms with Crippen LogP contribution in [0.1, 0.15) is 34.8 Å². The molecule has 0 saturated carbocycles. The van der Waals surface area contributed by atoms with Gasteiger partial charge in [0.05, 0.1) is 0 Å². The Morgan fingerprint density at radius 1 is 1.39 bits per heavy atom. The molecule has 1 fully saturated rings. The number of nitrogens with zero attached hydrogens (tertiary/aromatic N) is 3. The van der Waals surface area contributed by atoms with Crippen molar-refractivity contribution in [1.82, 2.24) is 14.9 Å². The van der Waals surface area contributed by atoms with E-state index in [1.165, 1.54) is 4.90 Å². The summed E-state index contributed by atoms with van der Waals surface area (Å²) in [5, 5.41) is 9.06. The van der Waals surface area contributed by atoms with Gasteiger partial charge >= 0.3 is 5.97 Å². The smallest absolute Gasteiger partial charge is 0.326 e. The third kappa shape index (κ3) is 2.32. The molecule has 1 aromatic heterocycles. The maximum Gasteiger partial charge on any atom is 0.326 e. The lowest BCUT2D eigenvalue weighted by Crippen LogP contribution is -2.40. The van der Waals surface area contributed by atoms with E-state index in [4.69, 9.17) is 5.11 Å². The van der Waals surface area contributed by atoms with Gasteiger partial charge in [-0.3, -0.25) is 4.79 Å². The fourth-order valence-electron chi connectivity index (χ4n) is 2.24. The summed E-state index contributed by atoms with van der Waals surface area (Å²) in [6.45, 7) is 3.96. The third-order valence-electron chi connectivity index (χ3n) is 2.98. The van der Waals surface area contributed by atoms with Gasteiger partial charge in [0.1, 0.15) is 17.6 Å². The van der Waals surface area contributed by atoms with Gasteiger partial charge in [0.15, 0.2) is 0 Å². The molecule has 1 saturated heterocycles. The summed E-state index contributed by atoms with van der Waals surface area (Å²) in [4.78, 5) is 32.8. The number of aryl methyl sites for hydroxylation is 2. The lowest BCUT2D eigenvalue weighted by Gasteiger charge is -2.21. The Labute approximate surface area is 105 Å². The Kier molecular flexibility index (Phi) is 3.27. The Morgan fingerprint density at radius 2 is 2.11 bits per heavy atom. The average Bonchev–Trinajstić information content (AvgIpc) is 2.75. The number of aliphatic carboxylic acids is 1. The summed E-state index contributed by atoms with van der Waals surface area (Å²) in [5.41, 5.74) is 0.977. The molecular weight excluding hydrogens is 234 g/mol. The van der Waals surface area contributed by atoms with E-state index in [0.29, 0.717) is 30.9 Å². The molecule has 96 valence electrons. The molecule has 1 aliphatic heterocycles. The minimum atomic E-state index is -0.955. The van der Waals surface area contributed by atoms with Crippen LogP contribution in [-0.4, -0.2) is 44.4 Å². The second kappa shape index (κ2) is 4.72. The molecule has 0 unspecified atom stereocenters. The molecular formula is C12H15N3O3. The third-order valence-corrected chi connectivity index (χ3v) is 2.98. The molecule has 6 heteroatoms. The Balaban J connectivity index is 2.28. The Hall–Kier alpha value is -1.98. The molecule has 1 N–H and O–H groups in total. The zero-order valence-electron chi connectivity index (χ0n) is 10.4. The van der Waals surface area contributed by atoms with Crippen molar-refractivity contribution < 1.29 is 14.7 Å². The molecule has 2 rings (SSSR count). The number of hydrogen-bond acceptors (Lipinski definition) is 4. The first-order chi connectivity index (χ1) is 8.49. The van der Waals surface area contributed by atoms with Gasteiger partial charge in [0, 0.05) is 12.2 Å². The summed E-state index contributed by atoms with van der Waals surface area (Å²) in [6, 6.07) is 0.861. The highest BCUT2D eigenvalue weighted by molar-refractivity contribution is 5.95. The van der Waals surface area contributed by atoms with E-state index in [-0.39, 0.29) is 11.6 Å². The monoisotopic (exact) mass is 249 g/mol. The molecule has 6 nitrogen and oxygen atoms in total. The summed E-state index contributed by atoms with van der Waals surface area (Å²) in [7, 11) is 0. The first kappa shape index (κ1) is 12.5. The molecule has 2 heterocycles. The van der Waals surface area contributed by atoms with Crippen LogP contribution in [0.2, 0.25) is 0 Å². The van der Waals surface area contributed by atoms with E-state index >= 15 is 0 Å². The van der Waals surface area contributed by atoms with Gasteiger partial charge in [-0.15, -0.1) is 0 Å². The molecule has 0 radical (unpaired) electrons. The molecule has 0 spiro atoms. The van der Waals surface area contributed by atoms with E-state index in [9.17, 15) is 9.59 Å². The highest BCUT2D eigenvalue weighted by Crippen LogP contribution is 2.19. The standard InChI is InChI=1S/C12H15N3O3/c1-7-6-9(14-8(2)13-7)11(16)15-5-3-4-10(15)12(17)18/h6,10H,3-5H2,1-2H3,(H,17,18)/t10-/m0/s1. The highest BCUT2D eigenvalue weighted by Gasteiger charge is 2.35. The predicted octanol–water partition coefficient (Wildman–Crippen LogP) is 0.783. The molecule has 1 atom stereocenters. The maximum absolute atomic E-state index is 12.2. The number of amides is 1. The number of likely N-dealkylation sites (tertiary alicyclic amines) is 1. The van der Waals surface area contributed by atoms with Crippen LogP contribution in [0.4, 0.5) is 0 Å². The van der Waals surface area contributed by atoms with E-state index in [1.54, 1.807) is 19.9 Å². The van der Waals surface area contributed by atoms with Crippen LogP contribution in [-0.2, 0) is 4.79 Å². The van der Waals surface area contributed by atoms with Gasteiger partial charge in [0.2, 0.25) is 0 Å². The number of carboxylic acid groups (broad SMARTS) is 1. The van der Waals surface area contributed by atoms with Crippen molar-refractivity contribution in [2.24, 2.45) is 0 Å². The second-order valence-corrected chi connectivity index (χ2v) is 4.44. The van der Waals surface area contributed by atoms with Crippen LogP contribution in [0.15, 0.2) is 6.07 Å². The predicted molar refractivity (Wildman–Crippen MR) is 63.2 cm³/mol. The number of hydrogen-bond donors (Lipinski definition) is 1. The normalized spacial score (nSPS) is 19.0. The van der Waals surface area contributed by atoms with E-state index in [0.717, 1.165) is 0 Å². The molecule has 1 aliphatic rings. The van der Waals surface area contributed by atoms with Crippen molar-refractivity contribution >= 4 is 11.9 Å². The quantitative estimate of drug-likeness (QED) is 0.837. The fraction of sp³-hybridized carbons (Fsp3) is 0.500. The number of rotatable bonds is 2. The SMILES string of the molecule is Cc1cc(C(=O)N2CCC[C@H]2C(=O)O)nc(C)n1. The molecule has 0 bridgehead atoms. The van der Waals surface area contributed by atoms with E-state index < -0.39 is 12.0 Å². The number of carbonyl (C=O) groups is 2. The van der Waals surface area contributed by atoms with Crippen molar-refractivity contribution in [3.8, 4) is 0 Å². The molecule has 0 aliphatic carbocycles. The zero-order chi connectivity index (χ0) is 13.3. The van der Waals surface area contributed by atoms with Crippen molar-refractivity contribution in [3.05, 3.63) is 23.3 Å². The first-order valence-corrected chi connectivity index (χ1v) is 5.85. The van der Waals surface area contributed by atoms with Gasteiger partial charge < -0.3 is 10.0 Å². The first-order valence-electron chi connectivity index (χ1n) is 5.85. The largest absolute Gasteiger partial charge is 0.480 e. The van der Waals surface area contributed by atoms with Crippen molar-refractivity contribution in [1.29, 1.82) is 0 Å². The lowest BCUT2D eigenvalue weighted by molar-refractivity contribution is -0.141. The van der Waals surface area contributed by atoms with Crippen molar-refractivity contribution in [2.75, 3.05) is 6.54 Å². The Bertz CT molecular complexity index is 481. The van der Waals surface area contributed by atoms with Crippen LogP contribution in [0.3, 0.4) is 0 Å². The molecule has 0 aromatic carbocycles. The fourth-order valence-corrected chi connectivity index (χ4v) is 2.24. The minimum Gasteiger partial charge on any atom is -0.480 e. The van der Waals surface area contributed by atoms with Crippen LogP contribution in [0, 0.1) is 13.8 Å². The number of carboxylic acids is 1. The Morgan fingerprint density at radius 3 is 2.72 bits per heavy atom. The van der Waals surface area contributed by atoms with Gasteiger partial charge in [-0.1, -0.05) is 0 Å². The number of aromatic nitrogens is 2. The van der Waals surface area contributed by atoms with Crippen molar-refractivity contribution in [2.45, 2.75) is 32.7 Å². The second-order valence-electron chi connectivity index (χ2n) is 4.44. The van der Waals surface area contributed by atoms with Crippen LogP contribution >= 0.6 is 0 Å². The van der Waals surface area contributed by atoms with Crippen LogP contribution in [0.25, 0.3) is 0 Å². The summed E-state index contributed by atoms with van der Waals surface area (Å²) >= 11 is 0. The van der Waals surface area contributed by atoms with Crippen LogP contribution < -0.4 is 0 Å². The summed E-state index contributed by atoms with van der Waals surface area (Å²) in [6.07, 6.45) is 1.22. The van der Waals surface area contributed by atoms with Crippen molar-refractivity contribution in [3.63, 3.8) is 0 Å². The molecule has 1 amide bonds. The lowest BCUT2D eigenvalue weighted by atomic mass is 10.2. The number of carbonyl (C=O) groups excluding carboxylic acids is 1. The average molecular weight is 249 g/mol. The van der Waals surface area contributed by atoms with E-state index in [1.807, 2.05) is 0 Å². The zero-order valence-corrected chi connectivity index (χ0v) is 10.4. The molecule has 1 aromatic rings.